The third kappa shape index (κ3) is 3.85. The van der Waals surface area contributed by atoms with Crippen LogP contribution in [0.1, 0.15) is 44.6 Å². The van der Waals surface area contributed by atoms with Crippen molar-refractivity contribution in [1.29, 1.82) is 0 Å². The van der Waals surface area contributed by atoms with Crippen LogP contribution in [0.25, 0.3) is 0 Å². The van der Waals surface area contributed by atoms with Crippen LogP contribution in [-0.4, -0.2) is 16.6 Å². The van der Waals surface area contributed by atoms with Crippen LogP contribution in [0.4, 0.5) is 15.8 Å². The Balaban J connectivity index is 1.95. The first-order chi connectivity index (χ1) is 14.6. The Morgan fingerprint density at radius 2 is 1.90 bits per heavy atom. The molecule has 1 atom stereocenters. The molecular formula is C23H20ClFN2O4. The predicted molar refractivity (Wildman–Crippen MR) is 114 cm³/mol. The summed E-state index contributed by atoms with van der Waals surface area (Å²) in [7, 11) is 0. The SMILES string of the molecule is CC1(C)CC(=O)C2=C(C1)N(c1ccc(Cl)cc1[N+](=O)[O-])C(=O)CC2c1cccc(F)c1. The van der Waals surface area contributed by atoms with Gasteiger partial charge in [0.1, 0.15) is 11.5 Å². The van der Waals surface area contributed by atoms with Crippen LogP contribution in [0, 0.1) is 21.3 Å². The van der Waals surface area contributed by atoms with Crippen LogP contribution in [0.5, 0.6) is 0 Å². The molecule has 8 heteroatoms. The molecule has 31 heavy (non-hydrogen) atoms. The van der Waals surface area contributed by atoms with Crippen LogP contribution < -0.4 is 4.90 Å². The normalized spacial score (nSPS) is 20.6. The number of ketones is 1. The maximum Gasteiger partial charge on any atom is 0.294 e. The van der Waals surface area contributed by atoms with Gasteiger partial charge in [-0.3, -0.25) is 24.6 Å². The largest absolute Gasteiger partial charge is 0.294 e. The van der Waals surface area contributed by atoms with Gasteiger partial charge in [0.05, 0.1) is 4.92 Å². The van der Waals surface area contributed by atoms with E-state index in [1.807, 2.05) is 13.8 Å². The summed E-state index contributed by atoms with van der Waals surface area (Å²) in [4.78, 5) is 38.9. The molecule has 0 radical (unpaired) electrons. The zero-order valence-corrected chi connectivity index (χ0v) is 17.8. The Kier molecular flexibility index (Phi) is 5.17. The smallest absolute Gasteiger partial charge is 0.294 e. The highest BCUT2D eigenvalue weighted by molar-refractivity contribution is 6.31. The minimum atomic E-state index is -0.594. The summed E-state index contributed by atoms with van der Waals surface area (Å²) in [5, 5.41) is 11.9. The van der Waals surface area contributed by atoms with Gasteiger partial charge in [-0.1, -0.05) is 37.6 Å². The number of carbonyl (C=O) groups is 2. The molecule has 0 N–H and O–H groups in total. The Morgan fingerprint density at radius 3 is 2.58 bits per heavy atom. The molecule has 1 aliphatic carbocycles. The minimum absolute atomic E-state index is 0.0788. The van der Waals surface area contributed by atoms with Crippen molar-refractivity contribution in [3.63, 3.8) is 0 Å². The summed E-state index contributed by atoms with van der Waals surface area (Å²) < 4.78 is 13.9. The van der Waals surface area contributed by atoms with Crippen molar-refractivity contribution in [2.75, 3.05) is 4.90 Å². The molecule has 1 aliphatic heterocycles. The molecule has 0 bridgehead atoms. The average molecular weight is 443 g/mol. The molecule has 1 heterocycles. The van der Waals surface area contributed by atoms with E-state index in [1.54, 1.807) is 12.1 Å². The van der Waals surface area contributed by atoms with E-state index in [0.717, 1.165) is 0 Å². The Morgan fingerprint density at radius 1 is 1.16 bits per heavy atom. The summed E-state index contributed by atoms with van der Waals surface area (Å²) in [6, 6.07) is 9.97. The molecule has 0 fully saturated rings. The van der Waals surface area contributed by atoms with Crippen molar-refractivity contribution >= 4 is 34.7 Å². The summed E-state index contributed by atoms with van der Waals surface area (Å²) in [5.41, 5.74) is 0.743. The number of rotatable bonds is 3. The van der Waals surface area contributed by atoms with Gasteiger partial charge in [0.15, 0.2) is 5.78 Å². The van der Waals surface area contributed by atoms with Gasteiger partial charge in [-0.15, -0.1) is 0 Å². The predicted octanol–water partition coefficient (Wildman–Crippen LogP) is 5.55. The average Bonchev–Trinajstić information content (AvgIpc) is 2.66. The zero-order chi connectivity index (χ0) is 22.5. The van der Waals surface area contributed by atoms with E-state index in [1.165, 1.54) is 35.2 Å². The molecule has 1 unspecified atom stereocenters. The third-order valence-corrected chi connectivity index (χ3v) is 6.00. The van der Waals surface area contributed by atoms with Gasteiger partial charge in [0, 0.05) is 41.1 Å². The number of hydrogen-bond acceptors (Lipinski definition) is 4. The van der Waals surface area contributed by atoms with Crippen molar-refractivity contribution in [3.8, 4) is 0 Å². The van der Waals surface area contributed by atoms with Gasteiger partial charge in [-0.05, 0) is 41.7 Å². The molecule has 0 saturated carbocycles. The quantitative estimate of drug-likeness (QED) is 0.461. The molecule has 6 nitrogen and oxygen atoms in total. The number of hydrogen-bond donors (Lipinski definition) is 0. The van der Waals surface area contributed by atoms with E-state index < -0.39 is 22.1 Å². The summed E-state index contributed by atoms with van der Waals surface area (Å²) in [5.74, 6) is -1.56. The second-order valence-corrected chi connectivity index (χ2v) is 9.17. The molecule has 2 aromatic carbocycles. The van der Waals surface area contributed by atoms with Crippen molar-refractivity contribution < 1.29 is 18.9 Å². The molecular weight excluding hydrogens is 423 g/mol. The number of nitro groups is 1. The second kappa shape index (κ2) is 7.57. The Bertz CT molecular complexity index is 1160. The molecule has 0 spiro atoms. The minimum Gasteiger partial charge on any atom is -0.294 e. The van der Waals surface area contributed by atoms with E-state index in [9.17, 15) is 24.1 Å². The Labute approximate surface area is 183 Å². The maximum absolute atomic E-state index is 13.9. The first kappa shape index (κ1) is 21.2. The standard InChI is InChI=1S/C23H20ClFN2O4/c1-23(2)11-19-22(20(28)12-23)16(13-4-3-5-15(25)8-13)10-21(29)26(19)17-7-6-14(24)9-18(17)27(30)31/h3-9,16H,10-12H2,1-2H3. The molecule has 1 amide bonds. The van der Waals surface area contributed by atoms with Crippen molar-refractivity contribution in [1.82, 2.24) is 0 Å². The van der Waals surface area contributed by atoms with E-state index in [2.05, 4.69) is 0 Å². The van der Waals surface area contributed by atoms with Gasteiger partial charge in [0.25, 0.3) is 5.69 Å². The topological polar surface area (TPSA) is 80.5 Å². The monoisotopic (exact) mass is 442 g/mol. The van der Waals surface area contributed by atoms with Crippen LogP contribution in [-0.2, 0) is 9.59 Å². The fraction of sp³-hybridized carbons (Fsp3) is 0.304. The van der Waals surface area contributed by atoms with E-state index >= 15 is 0 Å². The van der Waals surface area contributed by atoms with E-state index in [0.29, 0.717) is 23.3 Å². The number of allylic oxidation sites excluding steroid dienone is 2. The van der Waals surface area contributed by atoms with Crippen molar-refractivity contribution in [2.24, 2.45) is 5.41 Å². The molecule has 2 aromatic rings. The lowest BCUT2D eigenvalue weighted by Gasteiger charge is -2.42. The van der Waals surface area contributed by atoms with Crippen molar-refractivity contribution in [3.05, 3.63) is 80.3 Å². The number of carbonyl (C=O) groups excluding carboxylic acids is 2. The number of nitrogens with zero attached hydrogens (tertiary/aromatic N) is 2. The van der Waals surface area contributed by atoms with Gasteiger partial charge in [-0.2, -0.15) is 0 Å². The lowest BCUT2D eigenvalue weighted by molar-refractivity contribution is -0.384. The highest BCUT2D eigenvalue weighted by Gasteiger charge is 2.45. The molecule has 0 aromatic heterocycles. The number of nitro benzene ring substituents is 1. The highest BCUT2D eigenvalue weighted by atomic mass is 35.5. The lowest BCUT2D eigenvalue weighted by atomic mass is 9.69. The zero-order valence-electron chi connectivity index (χ0n) is 17.0. The van der Waals surface area contributed by atoms with Crippen molar-refractivity contribution in [2.45, 2.75) is 39.0 Å². The lowest BCUT2D eigenvalue weighted by Crippen LogP contribution is -2.44. The number of benzene rings is 2. The Hall–Kier alpha value is -3.06. The summed E-state index contributed by atoms with van der Waals surface area (Å²) >= 11 is 5.95. The first-order valence-corrected chi connectivity index (χ1v) is 10.2. The number of anilines is 1. The van der Waals surface area contributed by atoms with Gasteiger partial charge in [0.2, 0.25) is 5.91 Å². The number of halogens is 2. The van der Waals surface area contributed by atoms with Crippen LogP contribution in [0.2, 0.25) is 5.02 Å². The number of Topliss-reactive ketones (excluding diaryl/α,β-unsaturated/α-hetero) is 1. The van der Waals surface area contributed by atoms with E-state index in [4.69, 9.17) is 11.6 Å². The molecule has 4 rings (SSSR count). The fourth-order valence-electron chi connectivity index (χ4n) is 4.53. The summed E-state index contributed by atoms with van der Waals surface area (Å²) in [6.45, 7) is 3.83. The third-order valence-electron chi connectivity index (χ3n) is 5.77. The highest BCUT2D eigenvalue weighted by Crippen LogP contribution is 2.49. The molecule has 2 aliphatic rings. The second-order valence-electron chi connectivity index (χ2n) is 8.73. The maximum atomic E-state index is 13.9. The summed E-state index contributed by atoms with van der Waals surface area (Å²) in [6.07, 6.45) is 0.571. The first-order valence-electron chi connectivity index (χ1n) is 9.86. The van der Waals surface area contributed by atoms with Gasteiger partial charge < -0.3 is 0 Å². The van der Waals surface area contributed by atoms with Gasteiger partial charge >= 0.3 is 0 Å². The number of amides is 1. The molecule has 160 valence electrons. The van der Waals surface area contributed by atoms with Crippen LogP contribution in [0.3, 0.4) is 0 Å². The molecule has 0 saturated heterocycles. The fourth-order valence-corrected chi connectivity index (χ4v) is 4.70. The van der Waals surface area contributed by atoms with Gasteiger partial charge in [-0.25, -0.2) is 4.39 Å². The van der Waals surface area contributed by atoms with Crippen LogP contribution in [0.15, 0.2) is 53.7 Å². The van der Waals surface area contributed by atoms with Crippen LogP contribution >= 0.6 is 11.6 Å². The van der Waals surface area contributed by atoms with E-state index in [-0.39, 0.29) is 40.9 Å².